The first kappa shape index (κ1) is 12.0. The molecule has 0 saturated carbocycles. The third-order valence-electron chi connectivity index (χ3n) is 2.93. The Kier molecular flexibility index (Phi) is 3.68. The Morgan fingerprint density at radius 1 is 1.60 bits per heavy atom. The SMILES string of the molecule is CC[C@H](NC(=O)C1(C)CCNC1)C(=O)O. The summed E-state index contributed by atoms with van der Waals surface area (Å²) < 4.78 is 0. The van der Waals surface area contributed by atoms with Crippen molar-refractivity contribution in [1.29, 1.82) is 0 Å². The highest BCUT2D eigenvalue weighted by molar-refractivity contribution is 5.87. The Balaban J connectivity index is 2.57. The van der Waals surface area contributed by atoms with Crippen molar-refractivity contribution in [3.63, 3.8) is 0 Å². The van der Waals surface area contributed by atoms with E-state index in [1.54, 1.807) is 6.92 Å². The topological polar surface area (TPSA) is 78.4 Å². The van der Waals surface area contributed by atoms with Gasteiger partial charge in [-0.3, -0.25) is 4.79 Å². The minimum Gasteiger partial charge on any atom is -0.480 e. The number of carboxylic acids is 1. The van der Waals surface area contributed by atoms with Gasteiger partial charge in [0, 0.05) is 6.54 Å². The van der Waals surface area contributed by atoms with Crippen molar-refractivity contribution in [2.45, 2.75) is 32.7 Å². The van der Waals surface area contributed by atoms with Gasteiger partial charge in [-0.15, -0.1) is 0 Å². The average Bonchev–Trinajstić information content (AvgIpc) is 2.61. The van der Waals surface area contributed by atoms with Crippen LogP contribution in [0.5, 0.6) is 0 Å². The summed E-state index contributed by atoms with van der Waals surface area (Å²) >= 11 is 0. The third-order valence-corrected chi connectivity index (χ3v) is 2.93. The van der Waals surface area contributed by atoms with Gasteiger partial charge in [0.1, 0.15) is 6.04 Å². The second kappa shape index (κ2) is 4.61. The summed E-state index contributed by atoms with van der Waals surface area (Å²) in [6.07, 6.45) is 1.17. The van der Waals surface area contributed by atoms with Crippen LogP contribution in [-0.4, -0.2) is 36.1 Å². The molecule has 1 heterocycles. The summed E-state index contributed by atoms with van der Waals surface area (Å²) in [6, 6.07) is -0.769. The van der Waals surface area contributed by atoms with Crippen molar-refractivity contribution >= 4 is 11.9 Å². The van der Waals surface area contributed by atoms with Crippen LogP contribution in [0.1, 0.15) is 26.7 Å². The van der Waals surface area contributed by atoms with Gasteiger partial charge in [-0.2, -0.15) is 0 Å². The Bertz CT molecular complexity index is 259. The Morgan fingerprint density at radius 2 is 2.27 bits per heavy atom. The monoisotopic (exact) mass is 214 g/mol. The van der Waals surface area contributed by atoms with E-state index in [4.69, 9.17) is 5.11 Å². The summed E-state index contributed by atoms with van der Waals surface area (Å²) in [6.45, 7) is 5.04. The van der Waals surface area contributed by atoms with E-state index in [0.29, 0.717) is 13.0 Å². The molecule has 0 aromatic carbocycles. The Morgan fingerprint density at radius 3 is 2.67 bits per heavy atom. The van der Waals surface area contributed by atoms with Crippen molar-refractivity contribution in [2.24, 2.45) is 5.41 Å². The highest BCUT2D eigenvalue weighted by atomic mass is 16.4. The Hall–Kier alpha value is -1.10. The predicted octanol–water partition coefficient (Wildman–Crippen LogP) is -0.0346. The molecule has 0 aromatic rings. The maximum Gasteiger partial charge on any atom is 0.326 e. The molecule has 1 fully saturated rings. The lowest BCUT2D eigenvalue weighted by atomic mass is 9.88. The normalized spacial score (nSPS) is 27.3. The summed E-state index contributed by atoms with van der Waals surface area (Å²) in [7, 11) is 0. The number of hydrogen-bond acceptors (Lipinski definition) is 3. The van der Waals surface area contributed by atoms with Crippen molar-refractivity contribution in [2.75, 3.05) is 13.1 Å². The first-order valence-corrected chi connectivity index (χ1v) is 5.24. The van der Waals surface area contributed by atoms with Crippen LogP contribution in [0.25, 0.3) is 0 Å². The van der Waals surface area contributed by atoms with Gasteiger partial charge in [0.05, 0.1) is 5.41 Å². The van der Waals surface area contributed by atoms with Gasteiger partial charge in [-0.25, -0.2) is 4.79 Å². The van der Waals surface area contributed by atoms with Gasteiger partial charge in [-0.1, -0.05) is 6.92 Å². The molecular formula is C10H18N2O3. The van der Waals surface area contributed by atoms with Crippen LogP contribution in [0.3, 0.4) is 0 Å². The summed E-state index contributed by atoms with van der Waals surface area (Å²) in [5, 5.41) is 14.5. The predicted molar refractivity (Wildman–Crippen MR) is 55.5 cm³/mol. The standard InChI is InChI=1S/C10H18N2O3/c1-3-7(8(13)14)12-9(15)10(2)4-5-11-6-10/h7,11H,3-6H2,1-2H3,(H,12,15)(H,13,14)/t7-,10?/m0/s1. The molecule has 15 heavy (non-hydrogen) atoms. The molecule has 1 saturated heterocycles. The van der Waals surface area contributed by atoms with Crippen molar-refractivity contribution < 1.29 is 14.7 Å². The fourth-order valence-electron chi connectivity index (χ4n) is 1.68. The van der Waals surface area contributed by atoms with Crippen molar-refractivity contribution in [1.82, 2.24) is 10.6 Å². The number of amides is 1. The number of carbonyl (C=O) groups is 2. The number of carbonyl (C=O) groups excluding carboxylic acids is 1. The van der Waals surface area contributed by atoms with E-state index in [2.05, 4.69) is 10.6 Å². The molecule has 1 aliphatic rings. The molecule has 1 amide bonds. The molecule has 0 radical (unpaired) electrons. The van der Waals surface area contributed by atoms with E-state index in [-0.39, 0.29) is 5.91 Å². The fraction of sp³-hybridized carbons (Fsp3) is 0.800. The number of hydrogen-bond donors (Lipinski definition) is 3. The zero-order valence-corrected chi connectivity index (χ0v) is 9.17. The lowest BCUT2D eigenvalue weighted by Gasteiger charge is -2.23. The van der Waals surface area contributed by atoms with E-state index in [1.807, 2.05) is 6.92 Å². The molecule has 5 heteroatoms. The highest BCUT2D eigenvalue weighted by Crippen LogP contribution is 2.24. The number of rotatable bonds is 4. The first-order valence-electron chi connectivity index (χ1n) is 5.24. The van der Waals surface area contributed by atoms with Crippen LogP contribution in [0.15, 0.2) is 0 Å². The van der Waals surface area contributed by atoms with E-state index in [9.17, 15) is 9.59 Å². The molecule has 86 valence electrons. The minimum atomic E-state index is -0.972. The lowest BCUT2D eigenvalue weighted by molar-refractivity contribution is -0.143. The van der Waals surface area contributed by atoms with E-state index >= 15 is 0 Å². The lowest BCUT2D eigenvalue weighted by Crippen LogP contribution is -2.48. The van der Waals surface area contributed by atoms with Gasteiger partial charge in [-0.05, 0) is 26.3 Å². The molecule has 0 aromatic heterocycles. The second-order valence-electron chi connectivity index (χ2n) is 4.26. The van der Waals surface area contributed by atoms with Gasteiger partial charge in [0.25, 0.3) is 0 Å². The van der Waals surface area contributed by atoms with Gasteiger partial charge in [0.2, 0.25) is 5.91 Å². The zero-order chi connectivity index (χ0) is 11.5. The molecule has 0 spiro atoms. The smallest absolute Gasteiger partial charge is 0.326 e. The third kappa shape index (κ3) is 2.68. The maximum absolute atomic E-state index is 11.8. The molecule has 3 N–H and O–H groups in total. The largest absolute Gasteiger partial charge is 0.480 e. The fourth-order valence-corrected chi connectivity index (χ4v) is 1.68. The van der Waals surface area contributed by atoms with Crippen molar-refractivity contribution in [3.05, 3.63) is 0 Å². The van der Waals surface area contributed by atoms with Gasteiger partial charge in [0.15, 0.2) is 0 Å². The van der Waals surface area contributed by atoms with Crippen LogP contribution < -0.4 is 10.6 Å². The first-order chi connectivity index (χ1) is 6.99. The minimum absolute atomic E-state index is 0.165. The van der Waals surface area contributed by atoms with E-state index in [1.165, 1.54) is 0 Å². The van der Waals surface area contributed by atoms with Crippen LogP contribution in [-0.2, 0) is 9.59 Å². The van der Waals surface area contributed by atoms with E-state index < -0.39 is 17.4 Å². The number of carboxylic acid groups (broad SMARTS) is 1. The van der Waals surface area contributed by atoms with Crippen molar-refractivity contribution in [3.8, 4) is 0 Å². The molecule has 1 aliphatic heterocycles. The molecular weight excluding hydrogens is 196 g/mol. The van der Waals surface area contributed by atoms with E-state index in [0.717, 1.165) is 13.0 Å². The zero-order valence-electron chi connectivity index (χ0n) is 9.17. The molecule has 1 rings (SSSR count). The molecule has 2 atom stereocenters. The molecule has 1 unspecified atom stereocenters. The summed E-state index contributed by atoms with van der Waals surface area (Å²) in [5.74, 6) is -1.14. The average molecular weight is 214 g/mol. The molecule has 0 bridgehead atoms. The molecule has 0 aliphatic carbocycles. The quantitative estimate of drug-likeness (QED) is 0.614. The van der Waals surface area contributed by atoms with Crippen LogP contribution >= 0.6 is 0 Å². The van der Waals surface area contributed by atoms with Gasteiger partial charge >= 0.3 is 5.97 Å². The van der Waals surface area contributed by atoms with Crippen LogP contribution in [0.2, 0.25) is 0 Å². The Labute approximate surface area is 89.2 Å². The summed E-state index contributed by atoms with van der Waals surface area (Å²) in [5.41, 5.74) is -0.455. The number of aliphatic carboxylic acids is 1. The number of nitrogens with one attached hydrogen (secondary N) is 2. The van der Waals surface area contributed by atoms with Crippen LogP contribution in [0.4, 0.5) is 0 Å². The summed E-state index contributed by atoms with van der Waals surface area (Å²) in [4.78, 5) is 22.6. The highest BCUT2D eigenvalue weighted by Gasteiger charge is 2.37. The van der Waals surface area contributed by atoms with Crippen LogP contribution in [0, 0.1) is 5.41 Å². The maximum atomic E-state index is 11.8. The molecule has 5 nitrogen and oxygen atoms in total. The second-order valence-corrected chi connectivity index (χ2v) is 4.26. The van der Waals surface area contributed by atoms with Gasteiger partial charge < -0.3 is 15.7 Å².